The van der Waals surface area contributed by atoms with Crippen LogP contribution in [-0.2, 0) is 6.42 Å². The van der Waals surface area contributed by atoms with Gasteiger partial charge in [0.05, 0.1) is 6.04 Å². The molecular formula is C14H12FNO. The number of fused-ring (bicyclic) bond motifs is 1. The van der Waals surface area contributed by atoms with E-state index in [2.05, 4.69) is 5.32 Å². The lowest BCUT2D eigenvalue weighted by atomic mass is 10.0. The average Bonchev–Trinajstić information content (AvgIpc) is 2.72. The van der Waals surface area contributed by atoms with Gasteiger partial charge in [-0.25, -0.2) is 4.39 Å². The topological polar surface area (TPSA) is 32.3 Å². The first kappa shape index (κ1) is 10.1. The van der Waals surface area contributed by atoms with Crippen LogP contribution in [0.2, 0.25) is 0 Å². The maximum absolute atomic E-state index is 13.7. The van der Waals surface area contributed by atoms with E-state index >= 15 is 0 Å². The van der Waals surface area contributed by atoms with Gasteiger partial charge in [0.25, 0.3) is 0 Å². The molecule has 2 N–H and O–H groups in total. The molecule has 2 aromatic rings. The summed E-state index contributed by atoms with van der Waals surface area (Å²) in [6, 6.07) is 11.9. The molecule has 3 rings (SSSR count). The van der Waals surface area contributed by atoms with E-state index in [1.807, 2.05) is 12.1 Å². The van der Waals surface area contributed by atoms with Gasteiger partial charge in [0.2, 0.25) is 0 Å². The van der Waals surface area contributed by atoms with Crippen LogP contribution < -0.4 is 5.32 Å². The molecule has 17 heavy (non-hydrogen) atoms. The molecule has 1 aliphatic rings. The molecule has 0 radical (unpaired) electrons. The summed E-state index contributed by atoms with van der Waals surface area (Å²) in [6.07, 6.45) is 0.699. The van der Waals surface area contributed by atoms with Crippen LogP contribution in [0.25, 0.3) is 0 Å². The minimum atomic E-state index is -0.193. The number of rotatable bonds is 1. The van der Waals surface area contributed by atoms with Gasteiger partial charge in [-0.15, -0.1) is 0 Å². The number of anilines is 1. The Labute approximate surface area is 98.7 Å². The number of nitrogens with one attached hydrogen (secondary N) is 1. The third-order valence-corrected chi connectivity index (χ3v) is 3.12. The summed E-state index contributed by atoms with van der Waals surface area (Å²) >= 11 is 0. The van der Waals surface area contributed by atoms with Crippen LogP contribution in [-0.4, -0.2) is 5.11 Å². The van der Waals surface area contributed by atoms with E-state index in [4.69, 9.17) is 0 Å². The molecule has 1 unspecified atom stereocenters. The molecule has 0 aromatic heterocycles. The van der Waals surface area contributed by atoms with Crippen molar-refractivity contribution in [2.45, 2.75) is 12.5 Å². The fourth-order valence-electron chi connectivity index (χ4n) is 2.29. The Morgan fingerprint density at radius 1 is 1.18 bits per heavy atom. The molecule has 0 aliphatic carbocycles. The average molecular weight is 229 g/mol. The highest BCUT2D eigenvalue weighted by Crippen LogP contribution is 2.36. The first-order chi connectivity index (χ1) is 8.24. The summed E-state index contributed by atoms with van der Waals surface area (Å²) in [5.41, 5.74) is 2.66. The highest BCUT2D eigenvalue weighted by Gasteiger charge is 2.24. The van der Waals surface area contributed by atoms with Crippen molar-refractivity contribution in [1.29, 1.82) is 0 Å². The SMILES string of the molecule is Oc1ccc2c(c1)CC(c1ccccc1F)N2. The summed E-state index contributed by atoms with van der Waals surface area (Å²) in [4.78, 5) is 0. The zero-order valence-corrected chi connectivity index (χ0v) is 9.15. The smallest absolute Gasteiger partial charge is 0.128 e. The Morgan fingerprint density at radius 2 is 2.00 bits per heavy atom. The van der Waals surface area contributed by atoms with Crippen molar-refractivity contribution >= 4 is 5.69 Å². The zero-order chi connectivity index (χ0) is 11.8. The Bertz CT molecular complexity index is 568. The van der Waals surface area contributed by atoms with Crippen molar-refractivity contribution in [2.24, 2.45) is 0 Å². The molecule has 0 saturated carbocycles. The van der Waals surface area contributed by atoms with E-state index in [1.165, 1.54) is 6.07 Å². The predicted octanol–water partition coefficient (Wildman–Crippen LogP) is 3.24. The lowest BCUT2D eigenvalue weighted by Crippen LogP contribution is -2.07. The van der Waals surface area contributed by atoms with Crippen LogP contribution in [0.5, 0.6) is 5.75 Å². The molecule has 1 heterocycles. The quantitative estimate of drug-likeness (QED) is 0.736. The molecule has 0 amide bonds. The van der Waals surface area contributed by atoms with E-state index in [0.717, 1.165) is 11.3 Å². The van der Waals surface area contributed by atoms with Gasteiger partial charge in [0, 0.05) is 11.3 Å². The summed E-state index contributed by atoms with van der Waals surface area (Å²) in [5.74, 6) is 0.0572. The second-order valence-corrected chi connectivity index (χ2v) is 4.26. The lowest BCUT2D eigenvalue weighted by Gasteiger charge is -2.12. The van der Waals surface area contributed by atoms with E-state index in [-0.39, 0.29) is 17.6 Å². The lowest BCUT2D eigenvalue weighted by molar-refractivity contribution is 0.475. The van der Waals surface area contributed by atoms with Gasteiger partial charge in [-0.2, -0.15) is 0 Å². The molecule has 1 aliphatic heterocycles. The summed E-state index contributed by atoms with van der Waals surface area (Å²) in [5, 5.41) is 12.7. The van der Waals surface area contributed by atoms with Crippen molar-refractivity contribution in [3.8, 4) is 5.75 Å². The third kappa shape index (κ3) is 1.73. The predicted molar refractivity (Wildman–Crippen MR) is 64.6 cm³/mol. The fourth-order valence-corrected chi connectivity index (χ4v) is 2.29. The van der Waals surface area contributed by atoms with Crippen LogP contribution in [0.1, 0.15) is 17.2 Å². The van der Waals surface area contributed by atoms with E-state index < -0.39 is 0 Å². The first-order valence-corrected chi connectivity index (χ1v) is 5.57. The maximum Gasteiger partial charge on any atom is 0.128 e. The molecule has 2 nitrogen and oxygen atoms in total. The van der Waals surface area contributed by atoms with E-state index in [9.17, 15) is 9.50 Å². The van der Waals surface area contributed by atoms with Gasteiger partial charge in [0.1, 0.15) is 11.6 Å². The van der Waals surface area contributed by atoms with Crippen molar-refractivity contribution < 1.29 is 9.50 Å². The molecule has 0 fully saturated rings. The highest BCUT2D eigenvalue weighted by atomic mass is 19.1. The second kappa shape index (κ2) is 3.77. The van der Waals surface area contributed by atoms with Crippen LogP contribution in [0.4, 0.5) is 10.1 Å². The number of halogens is 1. The van der Waals surface area contributed by atoms with Gasteiger partial charge in [-0.1, -0.05) is 18.2 Å². The molecule has 0 saturated heterocycles. The van der Waals surface area contributed by atoms with Gasteiger partial charge in [-0.3, -0.25) is 0 Å². The Balaban J connectivity index is 1.94. The van der Waals surface area contributed by atoms with Gasteiger partial charge in [-0.05, 0) is 36.2 Å². The maximum atomic E-state index is 13.7. The van der Waals surface area contributed by atoms with Crippen LogP contribution in [0.3, 0.4) is 0 Å². The normalized spacial score (nSPS) is 17.6. The molecule has 3 heteroatoms. The highest BCUT2D eigenvalue weighted by molar-refractivity contribution is 5.60. The first-order valence-electron chi connectivity index (χ1n) is 5.57. The summed E-state index contributed by atoms with van der Waals surface area (Å²) in [7, 11) is 0. The number of phenolic OH excluding ortho intramolecular Hbond substituents is 1. The summed E-state index contributed by atoms with van der Waals surface area (Å²) in [6.45, 7) is 0. The Hall–Kier alpha value is -2.03. The van der Waals surface area contributed by atoms with Crippen LogP contribution in [0.15, 0.2) is 42.5 Å². The molecule has 86 valence electrons. The second-order valence-electron chi connectivity index (χ2n) is 4.26. The number of hydrogen-bond acceptors (Lipinski definition) is 2. The Morgan fingerprint density at radius 3 is 2.82 bits per heavy atom. The molecule has 0 spiro atoms. The number of hydrogen-bond donors (Lipinski definition) is 2. The fraction of sp³-hybridized carbons (Fsp3) is 0.143. The van der Waals surface area contributed by atoms with Crippen molar-refractivity contribution in [1.82, 2.24) is 0 Å². The largest absolute Gasteiger partial charge is 0.508 e. The van der Waals surface area contributed by atoms with Gasteiger partial charge in [0.15, 0.2) is 0 Å². The number of benzene rings is 2. The van der Waals surface area contributed by atoms with Crippen molar-refractivity contribution in [3.63, 3.8) is 0 Å². The number of aromatic hydroxyl groups is 1. The standard InChI is InChI=1S/C14H12FNO/c15-12-4-2-1-3-11(12)14-8-9-7-10(17)5-6-13(9)16-14/h1-7,14,16-17H,8H2. The molecule has 2 aromatic carbocycles. The monoisotopic (exact) mass is 229 g/mol. The van der Waals surface area contributed by atoms with Gasteiger partial charge >= 0.3 is 0 Å². The van der Waals surface area contributed by atoms with E-state index in [1.54, 1.807) is 24.3 Å². The number of phenols is 1. The van der Waals surface area contributed by atoms with Crippen molar-refractivity contribution in [2.75, 3.05) is 5.32 Å². The van der Waals surface area contributed by atoms with Crippen LogP contribution >= 0.6 is 0 Å². The van der Waals surface area contributed by atoms with E-state index in [0.29, 0.717) is 12.0 Å². The Kier molecular flexibility index (Phi) is 2.25. The molecular weight excluding hydrogens is 217 g/mol. The van der Waals surface area contributed by atoms with Gasteiger partial charge < -0.3 is 10.4 Å². The molecule has 1 atom stereocenters. The zero-order valence-electron chi connectivity index (χ0n) is 9.15. The molecule has 0 bridgehead atoms. The third-order valence-electron chi connectivity index (χ3n) is 3.12. The minimum Gasteiger partial charge on any atom is -0.508 e. The minimum absolute atomic E-state index is 0.0481. The van der Waals surface area contributed by atoms with Crippen LogP contribution in [0, 0.1) is 5.82 Å². The summed E-state index contributed by atoms with van der Waals surface area (Å²) < 4.78 is 13.7. The van der Waals surface area contributed by atoms with Crippen molar-refractivity contribution in [3.05, 3.63) is 59.4 Å².